The maximum Gasteiger partial charge on any atom is 0.247 e. The van der Waals surface area contributed by atoms with Gasteiger partial charge in [-0.05, 0) is 26.0 Å². The SMILES string of the molecule is Cc1cnccc1OC1CCN(C(=O)C(C)n2cccn2)CC1. The van der Waals surface area contributed by atoms with Gasteiger partial charge < -0.3 is 9.64 Å². The van der Waals surface area contributed by atoms with Crippen molar-refractivity contribution in [3.63, 3.8) is 0 Å². The number of amides is 1. The van der Waals surface area contributed by atoms with Gasteiger partial charge in [0.05, 0.1) is 0 Å². The van der Waals surface area contributed by atoms with Crippen LogP contribution in [-0.2, 0) is 4.79 Å². The minimum Gasteiger partial charge on any atom is -0.490 e. The van der Waals surface area contributed by atoms with Gasteiger partial charge in [-0.15, -0.1) is 0 Å². The van der Waals surface area contributed by atoms with Gasteiger partial charge in [0.15, 0.2) is 0 Å². The summed E-state index contributed by atoms with van der Waals surface area (Å²) < 4.78 is 7.75. The molecule has 3 rings (SSSR count). The number of piperidine rings is 1. The molecule has 0 saturated carbocycles. The molecule has 1 aliphatic rings. The van der Waals surface area contributed by atoms with Crippen molar-refractivity contribution in [2.75, 3.05) is 13.1 Å². The third kappa shape index (κ3) is 3.52. The van der Waals surface area contributed by atoms with Gasteiger partial charge in [0, 0.05) is 56.3 Å². The van der Waals surface area contributed by atoms with Gasteiger partial charge in [0.2, 0.25) is 5.91 Å². The second-order valence-corrected chi connectivity index (χ2v) is 5.95. The summed E-state index contributed by atoms with van der Waals surface area (Å²) in [4.78, 5) is 18.5. The predicted octanol–water partition coefficient (Wildman–Crippen LogP) is 2.22. The second-order valence-electron chi connectivity index (χ2n) is 5.95. The standard InChI is InChI=1S/C17H22N4O2/c1-13-12-18-8-4-16(13)23-15-5-10-20(11-6-15)17(22)14(2)21-9-3-7-19-21/h3-4,7-9,12,14-15H,5-6,10-11H2,1-2H3. The summed E-state index contributed by atoms with van der Waals surface area (Å²) in [6.07, 6.45) is 8.91. The molecule has 0 spiro atoms. The molecule has 2 aromatic rings. The molecule has 1 fully saturated rings. The van der Waals surface area contributed by atoms with Crippen LogP contribution in [0.5, 0.6) is 5.75 Å². The molecular weight excluding hydrogens is 292 g/mol. The summed E-state index contributed by atoms with van der Waals surface area (Å²) in [5, 5.41) is 4.15. The van der Waals surface area contributed by atoms with Gasteiger partial charge >= 0.3 is 0 Å². The van der Waals surface area contributed by atoms with Gasteiger partial charge in [-0.2, -0.15) is 5.10 Å². The molecule has 3 heterocycles. The van der Waals surface area contributed by atoms with Crippen LogP contribution in [0.25, 0.3) is 0 Å². The number of aromatic nitrogens is 3. The van der Waals surface area contributed by atoms with Crippen LogP contribution in [0.4, 0.5) is 0 Å². The number of hydrogen-bond acceptors (Lipinski definition) is 4. The number of pyridine rings is 1. The van der Waals surface area contributed by atoms with E-state index in [1.54, 1.807) is 23.3 Å². The predicted molar refractivity (Wildman–Crippen MR) is 86.1 cm³/mol. The monoisotopic (exact) mass is 314 g/mol. The summed E-state index contributed by atoms with van der Waals surface area (Å²) >= 11 is 0. The van der Waals surface area contributed by atoms with Gasteiger partial charge in [-0.3, -0.25) is 14.5 Å². The van der Waals surface area contributed by atoms with Crippen LogP contribution in [0.15, 0.2) is 36.9 Å². The van der Waals surface area contributed by atoms with Crippen LogP contribution in [0.3, 0.4) is 0 Å². The minimum absolute atomic E-state index is 0.118. The molecule has 0 aromatic carbocycles. The zero-order valence-electron chi connectivity index (χ0n) is 13.6. The van der Waals surface area contributed by atoms with Crippen molar-refractivity contribution in [3.05, 3.63) is 42.5 Å². The third-order valence-corrected chi connectivity index (χ3v) is 4.30. The smallest absolute Gasteiger partial charge is 0.247 e. The Balaban J connectivity index is 1.54. The fourth-order valence-corrected chi connectivity index (χ4v) is 2.85. The normalized spacial score (nSPS) is 17.0. The topological polar surface area (TPSA) is 60.2 Å². The van der Waals surface area contributed by atoms with E-state index >= 15 is 0 Å². The molecule has 0 aliphatic carbocycles. The van der Waals surface area contributed by atoms with E-state index in [4.69, 9.17) is 4.74 Å². The van der Waals surface area contributed by atoms with Gasteiger partial charge in [-0.25, -0.2) is 0 Å². The molecule has 122 valence electrons. The summed E-state index contributed by atoms with van der Waals surface area (Å²) in [6.45, 7) is 5.32. The van der Waals surface area contributed by atoms with Crippen molar-refractivity contribution in [2.24, 2.45) is 0 Å². The largest absolute Gasteiger partial charge is 0.490 e. The fraction of sp³-hybridized carbons (Fsp3) is 0.471. The Morgan fingerprint density at radius 1 is 1.35 bits per heavy atom. The number of carbonyl (C=O) groups excluding carboxylic acids is 1. The Morgan fingerprint density at radius 3 is 2.78 bits per heavy atom. The van der Waals surface area contributed by atoms with Crippen LogP contribution in [0.1, 0.15) is 31.4 Å². The molecular formula is C17H22N4O2. The van der Waals surface area contributed by atoms with E-state index in [2.05, 4.69) is 10.1 Å². The zero-order chi connectivity index (χ0) is 16.2. The van der Waals surface area contributed by atoms with E-state index in [-0.39, 0.29) is 18.1 Å². The van der Waals surface area contributed by atoms with Crippen molar-refractivity contribution >= 4 is 5.91 Å². The van der Waals surface area contributed by atoms with Crippen LogP contribution in [0.2, 0.25) is 0 Å². The highest BCUT2D eigenvalue weighted by Gasteiger charge is 2.27. The van der Waals surface area contributed by atoms with Crippen molar-refractivity contribution in [2.45, 2.75) is 38.8 Å². The highest BCUT2D eigenvalue weighted by molar-refractivity contribution is 5.80. The number of carbonyl (C=O) groups is 1. The quantitative estimate of drug-likeness (QED) is 0.868. The number of likely N-dealkylation sites (tertiary alicyclic amines) is 1. The molecule has 1 unspecified atom stereocenters. The molecule has 1 atom stereocenters. The van der Waals surface area contributed by atoms with Gasteiger partial charge in [0.1, 0.15) is 17.9 Å². The summed E-state index contributed by atoms with van der Waals surface area (Å²) in [6, 6.07) is 3.47. The number of nitrogens with zero attached hydrogens (tertiary/aromatic N) is 4. The number of hydrogen-bond donors (Lipinski definition) is 0. The molecule has 0 radical (unpaired) electrons. The Hall–Kier alpha value is -2.37. The Kier molecular flexibility index (Phi) is 4.60. The molecule has 1 amide bonds. The summed E-state index contributed by atoms with van der Waals surface area (Å²) in [5.74, 6) is 1.00. The first kappa shape index (κ1) is 15.5. The molecule has 0 bridgehead atoms. The molecule has 1 saturated heterocycles. The Labute approximate surface area is 136 Å². The highest BCUT2D eigenvalue weighted by Crippen LogP contribution is 2.22. The van der Waals surface area contributed by atoms with Crippen molar-refractivity contribution in [1.29, 1.82) is 0 Å². The van der Waals surface area contributed by atoms with Crippen molar-refractivity contribution < 1.29 is 9.53 Å². The van der Waals surface area contributed by atoms with Crippen LogP contribution < -0.4 is 4.74 Å². The summed E-state index contributed by atoms with van der Waals surface area (Å²) in [7, 11) is 0. The average Bonchev–Trinajstić information content (AvgIpc) is 3.11. The van der Waals surface area contributed by atoms with Crippen molar-refractivity contribution in [3.8, 4) is 5.75 Å². The Bertz CT molecular complexity index is 648. The maximum absolute atomic E-state index is 12.5. The lowest BCUT2D eigenvalue weighted by Crippen LogP contribution is -2.44. The van der Waals surface area contributed by atoms with E-state index in [9.17, 15) is 4.79 Å². The van der Waals surface area contributed by atoms with E-state index in [1.807, 2.05) is 37.1 Å². The van der Waals surface area contributed by atoms with E-state index in [0.29, 0.717) is 0 Å². The van der Waals surface area contributed by atoms with Crippen molar-refractivity contribution in [1.82, 2.24) is 19.7 Å². The lowest BCUT2D eigenvalue weighted by atomic mass is 10.1. The first-order valence-corrected chi connectivity index (χ1v) is 8.00. The van der Waals surface area contributed by atoms with E-state index in [0.717, 1.165) is 37.2 Å². The minimum atomic E-state index is -0.259. The molecule has 6 heteroatoms. The number of rotatable bonds is 4. The van der Waals surface area contributed by atoms with Crippen LogP contribution >= 0.6 is 0 Å². The third-order valence-electron chi connectivity index (χ3n) is 4.30. The first-order chi connectivity index (χ1) is 11.1. The van der Waals surface area contributed by atoms with Gasteiger partial charge in [0.25, 0.3) is 0 Å². The average molecular weight is 314 g/mol. The van der Waals surface area contributed by atoms with Crippen LogP contribution in [0, 0.1) is 6.92 Å². The molecule has 0 N–H and O–H groups in total. The maximum atomic E-state index is 12.5. The molecule has 2 aromatic heterocycles. The highest BCUT2D eigenvalue weighted by atomic mass is 16.5. The molecule has 6 nitrogen and oxygen atoms in total. The zero-order valence-corrected chi connectivity index (χ0v) is 13.6. The van der Waals surface area contributed by atoms with Crippen LogP contribution in [-0.4, -0.2) is 44.8 Å². The number of ether oxygens (including phenoxy) is 1. The fourth-order valence-electron chi connectivity index (χ4n) is 2.85. The second kappa shape index (κ2) is 6.81. The first-order valence-electron chi connectivity index (χ1n) is 8.00. The summed E-state index contributed by atoms with van der Waals surface area (Å²) in [5.41, 5.74) is 1.04. The lowest BCUT2D eigenvalue weighted by molar-refractivity contribution is -0.136. The van der Waals surface area contributed by atoms with E-state index < -0.39 is 0 Å². The Morgan fingerprint density at radius 2 is 2.13 bits per heavy atom. The lowest BCUT2D eigenvalue weighted by Gasteiger charge is -2.33. The molecule has 1 aliphatic heterocycles. The molecule has 23 heavy (non-hydrogen) atoms. The van der Waals surface area contributed by atoms with E-state index in [1.165, 1.54) is 0 Å². The van der Waals surface area contributed by atoms with Gasteiger partial charge in [-0.1, -0.05) is 0 Å². The number of aryl methyl sites for hydroxylation is 1.